The predicted molar refractivity (Wildman–Crippen MR) is 68.1 cm³/mol. The Labute approximate surface area is 112 Å². The van der Waals surface area contributed by atoms with E-state index in [4.69, 9.17) is 18.9 Å². The Bertz CT molecular complexity index is 406. The lowest BCUT2D eigenvalue weighted by Crippen LogP contribution is -2.51. The third kappa shape index (κ3) is 3.32. The first-order chi connectivity index (χ1) is 9.26. The number of carbonyl (C=O) groups is 1. The average Bonchev–Trinajstić information content (AvgIpc) is 2.47. The van der Waals surface area contributed by atoms with Crippen LogP contribution in [0.25, 0.3) is 0 Å². The van der Waals surface area contributed by atoms with E-state index in [0.717, 1.165) is 0 Å². The van der Waals surface area contributed by atoms with Crippen molar-refractivity contribution < 1.29 is 23.7 Å². The fourth-order valence-electron chi connectivity index (χ4n) is 2.12. The number of methoxy groups -OCH3 is 2. The summed E-state index contributed by atoms with van der Waals surface area (Å²) in [6.45, 7) is 0.755. The van der Waals surface area contributed by atoms with Gasteiger partial charge in [-0.25, -0.2) is 4.79 Å². The molecule has 1 aromatic carbocycles. The van der Waals surface area contributed by atoms with Gasteiger partial charge in [-0.2, -0.15) is 0 Å². The highest BCUT2D eigenvalue weighted by molar-refractivity contribution is 5.89. The van der Waals surface area contributed by atoms with Gasteiger partial charge in [-0.05, 0) is 12.1 Å². The zero-order chi connectivity index (χ0) is 13.7. The minimum atomic E-state index is -0.462. The molecule has 1 heterocycles. The number of hydrogen-bond donors (Lipinski definition) is 0. The lowest BCUT2D eigenvalue weighted by Gasteiger charge is -2.35. The highest BCUT2D eigenvalue weighted by Gasteiger charge is 2.37. The number of carbonyl (C=O) groups excluding carboxylic acids is 1. The van der Waals surface area contributed by atoms with E-state index in [0.29, 0.717) is 18.8 Å². The molecule has 1 aliphatic heterocycles. The molecule has 5 heteroatoms. The summed E-state index contributed by atoms with van der Waals surface area (Å²) in [6, 6.07) is 8.85. The van der Waals surface area contributed by atoms with Crippen LogP contribution in [0.1, 0.15) is 10.4 Å². The molecule has 1 aliphatic rings. The zero-order valence-corrected chi connectivity index (χ0v) is 11.1. The van der Waals surface area contributed by atoms with Crippen LogP contribution in [0.5, 0.6) is 0 Å². The molecule has 0 spiro atoms. The SMILES string of the molecule is CO[C@@H]1[C@@H](OC)COC[C@@H]1OC(=O)c1ccccc1. The summed E-state index contributed by atoms with van der Waals surface area (Å²) in [7, 11) is 3.16. The lowest BCUT2D eigenvalue weighted by atomic mass is 10.1. The molecule has 0 radical (unpaired) electrons. The minimum Gasteiger partial charge on any atom is -0.453 e. The van der Waals surface area contributed by atoms with Crippen LogP contribution in [0.3, 0.4) is 0 Å². The van der Waals surface area contributed by atoms with Gasteiger partial charge in [-0.15, -0.1) is 0 Å². The number of esters is 1. The molecule has 0 aromatic heterocycles. The summed E-state index contributed by atoms with van der Waals surface area (Å²) in [6.07, 6.45) is -1.00. The Balaban J connectivity index is 2.03. The van der Waals surface area contributed by atoms with Gasteiger partial charge >= 0.3 is 5.97 Å². The summed E-state index contributed by atoms with van der Waals surface area (Å²) in [5.74, 6) is -0.381. The number of hydrogen-bond acceptors (Lipinski definition) is 5. The van der Waals surface area contributed by atoms with E-state index >= 15 is 0 Å². The summed E-state index contributed by atoms with van der Waals surface area (Å²) in [5.41, 5.74) is 0.511. The molecule has 0 saturated carbocycles. The summed E-state index contributed by atoms with van der Waals surface area (Å²) >= 11 is 0. The van der Waals surface area contributed by atoms with Crippen LogP contribution in [-0.4, -0.2) is 51.7 Å². The van der Waals surface area contributed by atoms with Gasteiger partial charge in [0.05, 0.1) is 18.8 Å². The maximum Gasteiger partial charge on any atom is 0.338 e. The van der Waals surface area contributed by atoms with Crippen molar-refractivity contribution >= 4 is 5.97 Å². The molecular weight excluding hydrogens is 248 g/mol. The largest absolute Gasteiger partial charge is 0.453 e. The Morgan fingerprint density at radius 1 is 1.11 bits per heavy atom. The molecule has 1 aromatic rings. The molecule has 19 heavy (non-hydrogen) atoms. The number of ether oxygens (including phenoxy) is 4. The van der Waals surface area contributed by atoms with Crippen molar-refractivity contribution in [3.8, 4) is 0 Å². The van der Waals surface area contributed by atoms with Crippen molar-refractivity contribution in [1.29, 1.82) is 0 Å². The monoisotopic (exact) mass is 266 g/mol. The zero-order valence-electron chi connectivity index (χ0n) is 11.1. The van der Waals surface area contributed by atoms with E-state index in [9.17, 15) is 4.79 Å². The first-order valence-corrected chi connectivity index (χ1v) is 6.15. The Morgan fingerprint density at radius 3 is 2.42 bits per heavy atom. The second kappa shape index (κ2) is 6.65. The van der Waals surface area contributed by atoms with Crippen molar-refractivity contribution in [2.45, 2.75) is 18.3 Å². The van der Waals surface area contributed by atoms with Crippen molar-refractivity contribution in [3.05, 3.63) is 35.9 Å². The van der Waals surface area contributed by atoms with E-state index in [1.807, 2.05) is 6.07 Å². The molecule has 0 amide bonds. The van der Waals surface area contributed by atoms with Crippen LogP contribution in [-0.2, 0) is 18.9 Å². The molecular formula is C14H18O5. The molecule has 0 bridgehead atoms. The van der Waals surface area contributed by atoms with Gasteiger partial charge in [-0.1, -0.05) is 18.2 Å². The van der Waals surface area contributed by atoms with Crippen LogP contribution >= 0.6 is 0 Å². The van der Waals surface area contributed by atoms with Crippen molar-refractivity contribution in [2.24, 2.45) is 0 Å². The third-order valence-corrected chi connectivity index (χ3v) is 3.14. The van der Waals surface area contributed by atoms with E-state index < -0.39 is 6.10 Å². The van der Waals surface area contributed by atoms with Gasteiger partial charge in [0.2, 0.25) is 0 Å². The van der Waals surface area contributed by atoms with Gasteiger partial charge < -0.3 is 18.9 Å². The lowest BCUT2D eigenvalue weighted by molar-refractivity contribution is -0.173. The summed E-state index contributed by atoms with van der Waals surface area (Å²) in [5, 5.41) is 0. The van der Waals surface area contributed by atoms with Gasteiger partial charge in [-0.3, -0.25) is 0 Å². The van der Waals surface area contributed by atoms with Crippen LogP contribution in [0.4, 0.5) is 0 Å². The molecule has 1 saturated heterocycles. The smallest absolute Gasteiger partial charge is 0.338 e. The molecule has 2 rings (SSSR count). The van der Waals surface area contributed by atoms with E-state index in [-0.39, 0.29) is 18.2 Å². The van der Waals surface area contributed by atoms with E-state index in [1.54, 1.807) is 38.5 Å². The van der Waals surface area contributed by atoms with Crippen molar-refractivity contribution in [1.82, 2.24) is 0 Å². The first kappa shape index (κ1) is 14.0. The summed E-state index contributed by atoms with van der Waals surface area (Å²) < 4.78 is 21.4. The maximum absolute atomic E-state index is 12.0. The molecule has 1 fully saturated rings. The fourth-order valence-corrected chi connectivity index (χ4v) is 2.12. The first-order valence-electron chi connectivity index (χ1n) is 6.15. The number of benzene rings is 1. The fraction of sp³-hybridized carbons (Fsp3) is 0.500. The predicted octanol–water partition coefficient (Wildman–Crippen LogP) is 1.27. The molecule has 3 atom stereocenters. The normalized spacial score (nSPS) is 26.9. The van der Waals surface area contributed by atoms with Gasteiger partial charge in [0.15, 0.2) is 6.10 Å². The third-order valence-electron chi connectivity index (χ3n) is 3.14. The Kier molecular flexibility index (Phi) is 4.90. The van der Waals surface area contributed by atoms with Crippen molar-refractivity contribution in [2.75, 3.05) is 27.4 Å². The number of rotatable bonds is 4. The van der Waals surface area contributed by atoms with Gasteiger partial charge in [0.25, 0.3) is 0 Å². The molecule has 0 unspecified atom stereocenters. The molecule has 0 aliphatic carbocycles. The van der Waals surface area contributed by atoms with Crippen LogP contribution in [0, 0.1) is 0 Å². The highest BCUT2D eigenvalue weighted by atomic mass is 16.6. The maximum atomic E-state index is 12.0. The van der Waals surface area contributed by atoms with E-state index in [1.165, 1.54) is 0 Å². The van der Waals surface area contributed by atoms with Crippen LogP contribution < -0.4 is 0 Å². The summed E-state index contributed by atoms with van der Waals surface area (Å²) in [4.78, 5) is 12.0. The molecule has 5 nitrogen and oxygen atoms in total. The van der Waals surface area contributed by atoms with E-state index in [2.05, 4.69) is 0 Å². The molecule has 104 valence electrons. The quantitative estimate of drug-likeness (QED) is 0.768. The minimum absolute atomic E-state index is 0.229. The van der Waals surface area contributed by atoms with Crippen molar-refractivity contribution in [3.63, 3.8) is 0 Å². The average molecular weight is 266 g/mol. The Morgan fingerprint density at radius 2 is 1.79 bits per heavy atom. The highest BCUT2D eigenvalue weighted by Crippen LogP contribution is 2.18. The second-order valence-electron chi connectivity index (χ2n) is 4.32. The van der Waals surface area contributed by atoms with Crippen LogP contribution in [0.15, 0.2) is 30.3 Å². The second-order valence-corrected chi connectivity index (χ2v) is 4.32. The standard InChI is InChI=1S/C14H18O5/c1-16-11-8-18-9-12(13(11)17-2)19-14(15)10-6-4-3-5-7-10/h3-7,11-13H,8-9H2,1-2H3/t11-,12-,13+/m0/s1. The van der Waals surface area contributed by atoms with Gasteiger partial charge in [0.1, 0.15) is 12.2 Å². The van der Waals surface area contributed by atoms with Gasteiger partial charge in [0, 0.05) is 14.2 Å². The Hall–Kier alpha value is -1.43. The topological polar surface area (TPSA) is 54.0 Å². The van der Waals surface area contributed by atoms with Crippen LogP contribution in [0.2, 0.25) is 0 Å². The molecule has 0 N–H and O–H groups in total.